The van der Waals surface area contributed by atoms with E-state index in [1.807, 2.05) is 38.1 Å². The Balaban J connectivity index is 2.16. The van der Waals surface area contributed by atoms with Gasteiger partial charge in [0.25, 0.3) is 0 Å². The third kappa shape index (κ3) is 4.34. The van der Waals surface area contributed by atoms with E-state index >= 15 is 0 Å². The van der Waals surface area contributed by atoms with Crippen molar-refractivity contribution < 1.29 is 19.4 Å². The molecule has 1 aromatic carbocycles. The van der Waals surface area contributed by atoms with Gasteiger partial charge in [0.2, 0.25) is 5.91 Å². The van der Waals surface area contributed by atoms with Crippen LogP contribution in [0.5, 0.6) is 5.75 Å². The van der Waals surface area contributed by atoms with E-state index in [0.29, 0.717) is 30.9 Å². The van der Waals surface area contributed by atoms with Crippen molar-refractivity contribution in [3.05, 3.63) is 35.9 Å². The molecule has 5 heteroatoms. The van der Waals surface area contributed by atoms with Gasteiger partial charge in [-0.2, -0.15) is 0 Å². The lowest BCUT2D eigenvalue weighted by molar-refractivity contribution is -0.146. The molecule has 2 N–H and O–H groups in total. The van der Waals surface area contributed by atoms with Crippen LogP contribution in [-0.4, -0.2) is 23.6 Å². The third-order valence-electron chi connectivity index (χ3n) is 3.94. The lowest BCUT2D eigenvalue weighted by atomic mass is 9.82. The molecule has 0 aromatic heterocycles. The van der Waals surface area contributed by atoms with Crippen LogP contribution in [0.15, 0.2) is 30.4 Å². The monoisotopic (exact) mass is 317 g/mol. The lowest BCUT2D eigenvalue weighted by Crippen LogP contribution is -2.34. The molecule has 2 rings (SSSR count). The molecule has 23 heavy (non-hydrogen) atoms. The Morgan fingerprint density at radius 3 is 2.61 bits per heavy atom. The second kappa shape index (κ2) is 7.81. The Kier molecular flexibility index (Phi) is 5.79. The van der Waals surface area contributed by atoms with Crippen LogP contribution in [0.3, 0.4) is 0 Å². The first-order valence-corrected chi connectivity index (χ1v) is 7.95. The number of rotatable bonds is 6. The minimum Gasteiger partial charge on any atom is -0.491 e. The van der Waals surface area contributed by atoms with Gasteiger partial charge in [0.15, 0.2) is 0 Å². The Labute approximate surface area is 136 Å². The number of amides is 1. The van der Waals surface area contributed by atoms with Crippen LogP contribution < -0.4 is 10.1 Å². The summed E-state index contributed by atoms with van der Waals surface area (Å²) >= 11 is 0. The summed E-state index contributed by atoms with van der Waals surface area (Å²) in [4.78, 5) is 23.9. The van der Waals surface area contributed by atoms with Crippen molar-refractivity contribution in [3.63, 3.8) is 0 Å². The lowest BCUT2D eigenvalue weighted by Gasteiger charge is -2.24. The molecule has 0 bridgehead atoms. The smallest absolute Gasteiger partial charge is 0.307 e. The van der Waals surface area contributed by atoms with Gasteiger partial charge in [0.05, 0.1) is 24.1 Å². The fourth-order valence-electron chi connectivity index (χ4n) is 2.67. The van der Waals surface area contributed by atoms with Crippen LogP contribution in [0, 0.1) is 18.8 Å². The highest BCUT2D eigenvalue weighted by atomic mass is 16.5. The number of aliphatic carboxylic acids is 1. The van der Waals surface area contributed by atoms with E-state index in [-0.39, 0.29) is 5.91 Å². The number of hydrogen-bond donors (Lipinski definition) is 2. The number of carbonyl (C=O) groups excluding carboxylic acids is 1. The average molecular weight is 317 g/mol. The number of allylic oxidation sites excluding steroid dienone is 2. The Morgan fingerprint density at radius 1 is 1.26 bits per heavy atom. The van der Waals surface area contributed by atoms with Gasteiger partial charge in [-0.15, -0.1) is 0 Å². The zero-order valence-corrected chi connectivity index (χ0v) is 13.5. The minimum absolute atomic E-state index is 0.271. The fraction of sp³-hybridized carbons (Fsp3) is 0.444. The van der Waals surface area contributed by atoms with Gasteiger partial charge in [0.1, 0.15) is 5.75 Å². The van der Waals surface area contributed by atoms with Crippen LogP contribution in [0.25, 0.3) is 0 Å². The molecule has 1 amide bonds. The molecule has 1 aliphatic rings. The number of benzene rings is 1. The number of anilines is 1. The SMILES string of the molecule is CCCOc1cc(C)ccc1NC(=O)C1CC=CCC1C(=O)O. The van der Waals surface area contributed by atoms with Crippen LogP contribution in [0.2, 0.25) is 0 Å². The number of aryl methyl sites for hydroxylation is 1. The maximum absolute atomic E-state index is 12.5. The molecule has 0 spiro atoms. The standard InChI is InChI=1S/C18H23NO4/c1-3-10-23-16-11-12(2)8-9-15(16)19-17(20)13-6-4-5-7-14(13)18(21)22/h4-5,8-9,11,13-14H,3,6-7,10H2,1-2H3,(H,19,20)(H,21,22). The van der Waals surface area contributed by atoms with Crippen molar-refractivity contribution in [2.75, 3.05) is 11.9 Å². The van der Waals surface area contributed by atoms with E-state index in [9.17, 15) is 14.7 Å². The minimum atomic E-state index is -0.930. The first-order chi connectivity index (χ1) is 11.0. The highest BCUT2D eigenvalue weighted by Gasteiger charge is 2.34. The van der Waals surface area contributed by atoms with E-state index in [4.69, 9.17) is 4.74 Å². The second-order valence-corrected chi connectivity index (χ2v) is 5.83. The molecule has 0 heterocycles. The van der Waals surface area contributed by atoms with Crippen molar-refractivity contribution >= 4 is 17.6 Å². The van der Waals surface area contributed by atoms with Crippen LogP contribution >= 0.6 is 0 Å². The molecule has 0 saturated carbocycles. The van der Waals surface area contributed by atoms with Crippen molar-refractivity contribution in [2.45, 2.75) is 33.1 Å². The van der Waals surface area contributed by atoms with E-state index < -0.39 is 17.8 Å². The molecule has 0 radical (unpaired) electrons. The van der Waals surface area contributed by atoms with Crippen LogP contribution in [0.1, 0.15) is 31.7 Å². The summed E-state index contributed by atoms with van der Waals surface area (Å²) in [6, 6.07) is 5.57. The zero-order valence-electron chi connectivity index (χ0n) is 13.5. The van der Waals surface area contributed by atoms with Crippen molar-refractivity contribution in [2.24, 2.45) is 11.8 Å². The molecule has 0 aliphatic heterocycles. The second-order valence-electron chi connectivity index (χ2n) is 5.83. The molecule has 5 nitrogen and oxygen atoms in total. The quantitative estimate of drug-likeness (QED) is 0.789. The molecule has 0 fully saturated rings. The summed E-state index contributed by atoms with van der Waals surface area (Å²) < 4.78 is 5.68. The van der Waals surface area contributed by atoms with E-state index in [0.717, 1.165) is 12.0 Å². The summed E-state index contributed by atoms with van der Waals surface area (Å²) in [6.07, 6.45) is 5.40. The first-order valence-electron chi connectivity index (χ1n) is 7.95. The molecular weight excluding hydrogens is 294 g/mol. The molecule has 1 aliphatic carbocycles. The number of ether oxygens (including phenoxy) is 1. The maximum atomic E-state index is 12.5. The molecule has 2 atom stereocenters. The molecular formula is C18H23NO4. The topological polar surface area (TPSA) is 75.6 Å². The van der Waals surface area contributed by atoms with Gasteiger partial charge in [-0.05, 0) is 43.9 Å². The van der Waals surface area contributed by atoms with E-state index in [1.54, 1.807) is 6.07 Å². The van der Waals surface area contributed by atoms with Crippen molar-refractivity contribution in [1.82, 2.24) is 0 Å². The van der Waals surface area contributed by atoms with Gasteiger partial charge in [-0.3, -0.25) is 9.59 Å². The van der Waals surface area contributed by atoms with Crippen LogP contribution in [-0.2, 0) is 9.59 Å². The predicted molar refractivity (Wildman–Crippen MR) is 88.6 cm³/mol. The van der Waals surface area contributed by atoms with Crippen molar-refractivity contribution in [3.8, 4) is 5.75 Å². The molecule has 1 aromatic rings. The van der Waals surface area contributed by atoms with Crippen LogP contribution in [0.4, 0.5) is 5.69 Å². The van der Waals surface area contributed by atoms with Gasteiger partial charge in [0, 0.05) is 0 Å². The van der Waals surface area contributed by atoms with E-state index in [2.05, 4.69) is 5.32 Å². The largest absolute Gasteiger partial charge is 0.491 e. The summed E-state index contributed by atoms with van der Waals surface area (Å²) in [5, 5.41) is 12.1. The summed E-state index contributed by atoms with van der Waals surface area (Å²) in [6.45, 7) is 4.53. The number of nitrogens with one attached hydrogen (secondary N) is 1. The normalized spacial score (nSPS) is 20.1. The van der Waals surface area contributed by atoms with Gasteiger partial charge >= 0.3 is 5.97 Å². The highest BCUT2D eigenvalue weighted by Crippen LogP contribution is 2.30. The number of carboxylic acid groups (broad SMARTS) is 1. The number of hydrogen-bond acceptors (Lipinski definition) is 3. The van der Waals surface area contributed by atoms with E-state index in [1.165, 1.54) is 0 Å². The molecule has 2 unspecified atom stereocenters. The van der Waals surface area contributed by atoms with Gasteiger partial charge in [-0.1, -0.05) is 25.1 Å². The summed E-state index contributed by atoms with van der Waals surface area (Å²) in [5.74, 6) is -1.81. The average Bonchev–Trinajstić information content (AvgIpc) is 2.54. The number of carbonyl (C=O) groups is 2. The predicted octanol–water partition coefficient (Wildman–Crippen LogP) is 3.39. The van der Waals surface area contributed by atoms with Gasteiger partial charge in [-0.25, -0.2) is 0 Å². The first kappa shape index (κ1) is 17.1. The highest BCUT2D eigenvalue weighted by molar-refractivity contribution is 5.96. The zero-order chi connectivity index (χ0) is 16.8. The Hall–Kier alpha value is -2.30. The maximum Gasteiger partial charge on any atom is 0.307 e. The van der Waals surface area contributed by atoms with Crippen molar-refractivity contribution in [1.29, 1.82) is 0 Å². The number of carboxylic acids is 1. The fourth-order valence-corrected chi connectivity index (χ4v) is 2.67. The Bertz CT molecular complexity index is 609. The Morgan fingerprint density at radius 2 is 1.96 bits per heavy atom. The summed E-state index contributed by atoms with van der Waals surface area (Å²) in [7, 11) is 0. The summed E-state index contributed by atoms with van der Waals surface area (Å²) in [5.41, 5.74) is 1.63. The third-order valence-corrected chi connectivity index (χ3v) is 3.94. The molecule has 0 saturated heterocycles. The van der Waals surface area contributed by atoms with Gasteiger partial charge < -0.3 is 15.2 Å². The molecule has 124 valence electrons.